The molecule has 0 saturated carbocycles. The van der Waals surface area contributed by atoms with Gasteiger partial charge in [0.25, 0.3) is 0 Å². The lowest BCUT2D eigenvalue weighted by Gasteiger charge is -2.30. The van der Waals surface area contributed by atoms with Gasteiger partial charge >= 0.3 is 5.97 Å². The smallest absolute Gasteiger partial charge is 0.305 e. The molecule has 1 aliphatic heterocycles. The van der Waals surface area contributed by atoms with Crippen LogP contribution in [0, 0.1) is 23.7 Å². The summed E-state index contributed by atoms with van der Waals surface area (Å²) in [5.74, 6) is -18.7. The van der Waals surface area contributed by atoms with Gasteiger partial charge in [-0.2, -0.15) is 0 Å². The van der Waals surface area contributed by atoms with E-state index >= 15 is 0 Å². The number of thioether (sulfide) groups is 1. The van der Waals surface area contributed by atoms with Gasteiger partial charge in [0.1, 0.15) is 72.5 Å². The standard InChI is InChI=1S/C74H119N23O16S/c1-10-20-45-61(103)87-46(25-17-28-82-72(76)77)62(104)93-53(35-57(100)101)68(110)89-48(27-19-30-84-74(80)81)64(106)96-59(42(8)9)71(113)94-52(34-44-23-15-12-16-24-44)67(109)88-47(26-18-29-83-73(78)79)63(105)95-54(60(102)85-36-55(75)98)37-114-38-56(99)86-51(33-43-21-13-11-14-22-43)66(108)91-49(31-39(2)3)65(107)92-50(32-40(4)5)69(111)97-58(41(6)7)70(112)90-45/h11-16,21-24,39-42,45-54,58-59H,10,17-20,25-38H2,1-9H3,(H2,75,98)(H,85,102)(H,86,99)(H,87,103)(H,88,109)(H,89,110)(H,90,112)(H,91,108)(H,92,107)(H,93,104)(H,94,113)(H,95,105)(H,96,106)(H,97,111)(H,100,101)(H4,76,77,82)(H4,78,79,83)(H4,80,81,84)/t45-,46-,47-,48-,49-,50-,51-,52-,53-,54-,58-,59-/m0/s1. The lowest BCUT2D eigenvalue weighted by atomic mass is 9.98. The molecule has 0 unspecified atom stereocenters. The average Bonchev–Trinajstić information content (AvgIpc) is 0.850. The number of benzene rings is 2. The van der Waals surface area contributed by atoms with Crippen molar-refractivity contribution in [2.45, 2.75) is 218 Å². The number of carbonyl (C=O) groups is 15. The molecule has 114 heavy (non-hydrogen) atoms. The van der Waals surface area contributed by atoms with Crippen molar-refractivity contribution >= 4 is 118 Å². The Labute approximate surface area is 668 Å². The molecule has 1 fully saturated rings. The molecular weight excluding hydrogens is 1500 g/mol. The van der Waals surface area contributed by atoms with Crippen LogP contribution in [0.4, 0.5) is 0 Å². The second kappa shape index (κ2) is 50.6. The maximum Gasteiger partial charge on any atom is 0.305 e. The van der Waals surface area contributed by atoms with Gasteiger partial charge in [-0.1, -0.05) is 129 Å². The van der Waals surface area contributed by atoms with E-state index in [1.165, 1.54) is 0 Å². The van der Waals surface area contributed by atoms with Crippen molar-refractivity contribution in [3.05, 3.63) is 71.8 Å². The molecule has 12 atom stereocenters. The van der Waals surface area contributed by atoms with E-state index in [1.807, 2.05) is 0 Å². The van der Waals surface area contributed by atoms with Gasteiger partial charge in [-0.05, 0) is 92.6 Å². The second-order valence-corrected chi connectivity index (χ2v) is 30.2. The lowest BCUT2D eigenvalue weighted by Crippen LogP contribution is -2.62. The van der Waals surface area contributed by atoms with Gasteiger partial charge in [-0.25, -0.2) is 0 Å². The summed E-state index contributed by atoms with van der Waals surface area (Å²) in [6, 6.07) is -1.50. The highest BCUT2D eigenvalue weighted by atomic mass is 32.2. The fourth-order valence-corrected chi connectivity index (χ4v) is 12.6. The van der Waals surface area contributed by atoms with Gasteiger partial charge in [-0.3, -0.25) is 86.9 Å². The van der Waals surface area contributed by atoms with E-state index < -0.39 is 197 Å². The number of hydrogen-bond acceptors (Lipinski definition) is 19. The zero-order chi connectivity index (χ0) is 85.3. The maximum absolute atomic E-state index is 14.9. The molecule has 14 amide bonds. The van der Waals surface area contributed by atoms with Crippen LogP contribution in [0.2, 0.25) is 0 Å². The third-order valence-corrected chi connectivity index (χ3v) is 18.6. The van der Waals surface area contributed by atoms with E-state index in [9.17, 15) is 77.0 Å². The van der Waals surface area contributed by atoms with Crippen LogP contribution in [0.5, 0.6) is 0 Å². The molecule has 2 aromatic carbocycles. The molecule has 40 heteroatoms. The number of carboxylic acids is 1. The first-order valence-electron chi connectivity index (χ1n) is 38.0. The predicted octanol–water partition coefficient (Wildman–Crippen LogP) is -4.52. The fourth-order valence-electron chi connectivity index (χ4n) is 11.8. The van der Waals surface area contributed by atoms with E-state index in [1.54, 1.807) is 123 Å². The molecule has 0 aromatic heterocycles. The minimum Gasteiger partial charge on any atom is -0.481 e. The number of primary amides is 1. The molecule has 28 N–H and O–H groups in total. The van der Waals surface area contributed by atoms with Crippen molar-refractivity contribution in [2.24, 2.45) is 78.8 Å². The molecular formula is C74H119N23O16S. The van der Waals surface area contributed by atoms with Crippen molar-refractivity contribution in [2.75, 3.05) is 37.7 Å². The average molecular weight is 1620 g/mol. The normalized spacial score (nSPS) is 23.1. The number of rotatable bonds is 29. The van der Waals surface area contributed by atoms with E-state index in [-0.39, 0.29) is 126 Å². The van der Waals surface area contributed by atoms with Crippen LogP contribution in [0.1, 0.15) is 144 Å². The Bertz CT molecular complexity index is 3650. The van der Waals surface area contributed by atoms with Crippen molar-refractivity contribution in [3.8, 4) is 0 Å². The number of aliphatic carboxylic acids is 1. The van der Waals surface area contributed by atoms with Crippen LogP contribution in [-0.2, 0) is 84.8 Å². The number of aliphatic imine (C=N–C) groups is 3. The fraction of sp³-hybridized carbons (Fsp3) is 0.595. The molecule has 0 spiro atoms. The molecule has 39 nitrogen and oxygen atoms in total. The summed E-state index contributed by atoms with van der Waals surface area (Å²) in [5.41, 5.74) is 40.1. The maximum atomic E-state index is 14.9. The summed E-state index contributed by atoms with van der Waals surface area (Å²) in [6.45, 7) is 14.2. The Kier molecular flexibility index (Phi) is 43.0. The number of nitrogens with two attached hydrogens (primary N) is 7. The number of carboxylic acid groups (broad SMARTS) is 1. The molecule has 3 rings (SSSR count). The van der Waals surface area contributed by atoms with Gasteiger partial charge in [-0.15, -0.1) is 11.8 Å². The predicted molar refractivity (Wildman–Crippen MR) is 428 cm³/mol. The summed E-state index contributed by atoms with van der Waals surface area (Å²) in [7, 11) is 0. The van der Waals surface area contributed by atoms with Gasteiger partial charge in [0, 0.05) is 38.2 Å². The summed E-state index contributed by atoms with van der Waals surface area (Å²) in [6.07, 6.45) is -2.01. The van der Waals surface area contributed by atoms with Crippen LogP contribution in [0.25, 0.3) is 0 Å². The Hall–Kier alpha value is -11.3. The van der Waals surface area contributed by atoms with Crippen LogP contribution in [-0.4, -0.2) is 222 Å². The molecule has 632 valence electrons. The third kappa shape index (κ3) is 37.3. The van der Waals surface area contributed by atoms with E-state index in [0.29, 0.717) is 11.1 Å². The zero-order valence-electron chi connectivity index (χ0n) is 66.3. The summed E-state index contributed by atoms with van der Waals surface area (Å²) in [5, 5.41) is 44.3. The monoisotopic (exact) mass is 1620 g/mol. The third-order valence-electron chi connectivity index (χ3n) is 17.6. The number of nitrogens with one attached hydrogen (secondary N) is 13. The first kappa shape index (κ1) is 96.8. The second-order valence-electron chi connectivity index (χ2n) is 29.2. The van der Waals surface area contributed by atoms with E-state index in [2.05, 4.69) is 84.1 Å². The Morgan fingerprint density at radius 3 is 1.13 bits per heavy atom. The molecule has 1 aliphatic rings. The Morgan fingerprint density at radius 1 is 0.430 bits per heavy atom. The van der Waals surface area contributed by atoms with Gasteiger partial charge in [0.15, 0.2) is 17.9 Å². The van der Waals surface area contributed by atoms with E-state index in [0.717, 1.165) is 11.8 Å². The Balaban J connectivity index is 2.38. The SMILES string of the molecule is CCC[C@@H]1NC(=O)[C@H](C(C)C)NC(=O)[C@H](CC(C)C)NC(=O)[C@H](CC(C)C)NC(=O)[C@H](Cc2ccccc2)NC(=O)CSC[C@@H](C(=O)NCC(N)=O)NC(=O)[C@H](CCCN=C(N)N)NC(=O)[C@H](Cc2ccccc2)NC(=O)[C@H](C(C)C)NC(=O)[C@H](CCCN=C(N)N)NC(=O)[C@H](CC(=O)O)NC(=O)[C@H](CCCN=C(N)N)NC1=O. The van der Waals surface area contributed by atoms with Crippen molar-refractivity contribution in [1.82, 2.24) is 69.1 Å². The minimum atomic E-state index is -2.00. The first-order chi connectivity index (χ1) is 53.8. The molecule has 0 bridgehead atoms. The molecule has 1 saturated heterocycles. The first-order valence-corrected chi connectivity index (χ1v) is 39.2. The van der Waals surface area contributed by atoms with Gasteiger partial charge < -0.3 is 114 Å². The number of hydrogen-bond donors (Lipinski definition) is 21. The number of nitrogens with zero attached hydrogens (tertiary/aromatic N) is 3. The topological polar surface area (TPSA) is 652 Å². The molecule has 0 aliphatic carbocycles. The minimum absolute atomic E-state index is 0.00741. The number of amides is 14. The van der Waals surface area contributed by atoms with Crippen molar-refractivity contribution in [3.63, 3.8) is 0 Å². The number of carbonyl (C=O) groups excluding carboxylic acids is 14. The summed E-state index contributed by atoms with van der Waals surface area (Å²) >= 11 is 0.812. The van der Waals surface area contributed by atoms with Crippen molar-refractivity contribution in [1.29, 1.82) is 0 Å². The molecule has 0 radical (unpaired) electrons. The van der Waals surface area contributed by atoms with Crippen LogP contribution in [0.15, 0.2) is 75.6 Å². The van der Waals surface area contributed by atoms with Gasteiger partial charge in [0.2, 0.25) is 82.7 Å². The Morgan fingerprint density at radius 2 is 0.754 bits per heavy atom. The largest absolute Gasteiger partial charge is 0.481 e. The summed E-state index contributed by atoms with van der Waals surface area (Å²) < 4.78 is 0. The van der Waals surface area contributed by atoms with Crippen molar-refractivity contribution < 1.29 is 77.0 Å². The number of guanidine groups is 3. The van der Waals surface area contributed by atoms with Crippen LogP contribution < -0.4 is 109 Å². The quantitative estimate of drug-likeness (QED) is 0.0207. The van der Waals surface area contributed by atoms with Crippen LogP contribution in [0.3, 0.4) is 0 Å². The summed E-state index contributed by atoms with van der Waals surface area (Å²) in [4.78, 5) is 226. The van der Waals surface area contributed by atoms with E-state index in [4.69, 9.17) is 40.1 Å². The van der Waals surface area contributed by atoms with Gasteiger partial charge in [0.05, 0.1) is 18.7 Å². The highest BCUT2D eigenvalue weighted by molar-refractivity contribution is 8.00. The molecule has 1 heterocycles. The lowest BCUT2D eigenvalue weighted by molar-refractivity contribution is -0.141. The van der Waals surface area contributed by atoms with Crippen LogP contribution >= 0.6 is 11.8 Å². The molecule has 2 aromatic rings. The highest BCUT2D eigenvalue weighted by Gasteiger charge is 2.39. The zero-order valence-corrected chi connectivity index (χ0v) is 67.1. The highest BCUT2D eigenvalue weighted by Crippen LogP contribution is 2.17.